The third-order valence-corrected chi connectivity index (χ3v) is 3.47. The SMILES string of the molecule is CN(c1ncc(Br)cc1CO)C1CCC1. The molecule has 3 nitrogen and oxygen atoms in total. The minimum atomic E-state index is 0.0405. The predicted octanol–water partition coefficient (Wildman–Crippen LogP) is 2.33. The van der Waals surface area contributed by atoms with Gasteiger partial charge in [0.05, 0.1) is 6.61 Å². The largest absolute Gasteiger partial charge is 0.392 e. The molecule has 0 saturated heterocycles. The number of aliphatic hydroxyl groups is 1. The normalized spacial score (nSPS) is 16.2. The van der Waals surface area contributed by atoms with Crippen LogP contribution in [0.2, 0.25) is 0 Å². The fourth-order valence-electron chi connectivity index (χ4n) is 1.85. The lowest BCUT2D eigenvalue weighted by molar-refractivity contribution is 0.280. The maximum atomic E-state index is 9.28. The minimum Gasteiger partial charge on any atom is -0.392 e. The summed E-state index contributed by atoms with van der Waals surface area (Å²) in [5, 5.41) is 9.28. The van der Waals surface area contributed by atoms with Gasteiger partial charge in [0.1, 0.15) is 5.82 Å². The van der Waals surface area contributed by atoms with Crippen LogP contribution in [-0.2, 0) is 6.61 Å². The molecule has 15 heavy (non-hydrogen) atoms. The number of hydrogen-bond donors (Lipinski definition) is 1. The molecular formula is C11H15BrN2O. The van der Waals surface area contributed by atoms with E-state index in [-0.39, 0.29) is 6.61 Å². The highest BCUT2D eigenvalue weighted by Crippen LogP contribution is 2.29. The number of hydrogen-bond acceptors (Lipinski definition) is 3. The Labute approximate surface area is 98.3 Å². The van der Waals surface area contributed by atoms with E-state index >= 15 is 0 Å². The van der Waals surface area contributed by atoms with E-state index in [1.54, 1.807) is 6.20 Å². The van der Waals surface area contributed by atoms with Gasteiger partial charge in [-0.3, -0.25) is 0 Å². The van der Waals surface area contributed by atoms with Crippen molar-refractivity contribution in [1.82, 2.24) is 4.98 Å². The van der Waals surface area contributed by atoms with Crippen molar-refractivity contribution >= 4 is 21.7 Å². The molecule has 82 valence electrons. The number of aliphatic hydroxyl groups excluding tert-OH is 1. The van der Waals surface area contributed by atoms with Gasteiger partial charge in [0.15, 0.2) is 0 Å². The third-order valence-electron chi connectivity index (χ3n) is 3.04. The van der Waals surface area contributed by atoms with Crippen LogP contribution >= 0.6 is 15.9 Å². The molecule has 0 bridgehead atoms. The van der Waals surface area contributed by atoms with E-state index in [2.05, 4.69) is 32.9 Å². The quantitative estimate of drug-likeness (QED) is 0.916. The molecule has 1 saturated carbocycles. The first kappa shape index (κ1) is 10.9. The van der Waals surface area contributed by atoms with Crippen molar-refractivity contribution in [2.75, 3.05) is 11.9 Å². The number of aromatic nitrogens is 1. The second-order valence-corrected chi connectivity index (χ2v) is 4.91. The molecule has 0 atom stereocenters. The van der Waals surface area contributed by atoms with Crippen LogP contribution in [0.4, 0.5) is 5.82 Å². The van der Waals surface area contributed by atoms with Gasteiger partial charge in [0.25, 0.3) is 0 Å². The van der Waals surface area contributed by atoms with Gasteiger partial charge in [-0.15, -0.1) is 0 Å². The van der Waals surface area contributed by atoms with Gasteiger partial charge in [0, 0.05) is 29.3 Å². The van der Waals surface area contributed by atoms with Crippen LogP contribution in [0.15, 0.2) is 16.7 Å². The summed E-state index contributed by atoms with van der Waals surface area (Å²) in [6, 6.07) is 2.53. The first-order chi connectivity index (χ1) is 7.22. The minimum absolute atomic E-state index is 0.0405. The standard InChI is InChI=1S/C11H15BrN2O/c1-14(10-3-2-4-10)11-8(7-15)5-9(12)6-13-11/h5-6,10,15H,2-4,7H2,1H3. The lowest BCUT2D eigenvalue weighted by Crippen LogP contribution is -2.38. The molecule has 0 aliphatic heterocycles. The van der Waals surface area contributed by atoms with E-state index in [0.29, 0.717) is 6.04 Å². The number of rotatable bonds is 3. The first-order valence-electron chi connectivity index (χ1n) is 5.20. The summed E-state index contributed by atoms with van der Waals surface area (Å²) < 4.78 is 0.914. The lowest BCUT2D eigenvalue weighted by atomic mass is 9.91. The Morgan fingerprint density at radius 2 is 2.33 bits per heavy atom. The van der Waals surface area contributed by atoms with Crippen molar-refractivity contribution in [3.8, 4) is 0 Å². The Balaban J connectivity index is 2.25. The predicted molar refractivity (Wildman–Crippen MR) is 63.9 cm³/mol. The van der Waals surface area contributed by atoms with Crippen LogP contribution in [0.5, 0.6) is 0 Å². The third kappa shape index (κ3) is 2.16. The molecule has 0 aromatic carbocycles. The van der Waals surface area contributed by atoms with E-state index in [1.165, 1.54) is 19.3 Å². The van der Waals surface area contributed by atoms with Crippen LogP contribution in [-0.4, -0.2) is 23.2 Å². The Kier molecular flexibility index (Phi) is 3.26. The number of anilines is 1. The van der Waals surface area contributed by atoms with Gasteiger partial charge in [-0.2, -0.15) is 0 Å². The average Bonchev–Trinajstić information content (AvgIpc) is 2.14. The van der Waals surface area contributed by atoms with Crippen LogP contribution in [0.1, 0.15) is 24.8 Å². The molecule has 1 aliphatic carbocycles. The van der Waals surface area contributed by atoms with Gasteiger partial charge < -0.3 is 10.0 Å². The van der Waals surface area contributed by atoms with E-state index in [4.69, 9.17) is 0 Å². The van der Waals surface area contributed by atoms with Crippen molar-refractivity contribution < 1.29 is 5.11 Å². The number of nitrogens with zero attached hydrogens (tertiary/aromatic N) is 2. The molecule has 1 aliphatic rings. The zero-order valence-corrected chi connectivity index (χ0v) is 10.4. The zero-order valence-electron chi connectivity index (χ0n) is 8.78. The number of pyridine rings is 1. The summed E-state index contributed by atoms with van der Waals surface area (Å²) in [7, 11) is 2.05. The van der Waals surface area contributed by atoms with Gasteiger partial charge in [-0.05, 0) is 41.3 Å². The summed E-state index contributed by atoms with van der Waals surface area (Å²) in [4.78, 5) is 6.55. The summed E-state index contributed by atoms with van der Waals surface area (Å²) in [6.07, 6.45) is 5.56. The second-order valence-electron chi connectivity index (χ2n) is 3.99. The van der Waals surface area contributed by atoms with Crippen molar-refractivity contribution in [2.45, 2.75) is 31.9 Å². The monoisotopic (exact) mass is 270 g/mol. The van der Waals surface area contributed by atoms with Crippen molar-refractivity contribution in [2.24, 2.45) is 0 Å². The average molecular weight is 271 g/mol. The maximum absolute atomic E-state index is 9.28. The lowest BCUT2D eigenvalue weighted by Gasteiger charge is -2.36. The van der Waals surface area contributed by atoms with Crippen molar-refractivity contribution in [3.63, 3.8) is 0 Å². The van der Waals surface area contributed by atoms with Crippen LogP contribution < -0.4 is 4.90 Å². The Morgan fingerprint density at radius 1 is 1.60 bits per heavy atom. The van der Waals surface area contributed by atoms with Crippen LogP contribution in [0.25, 0.3) is 0 Å². The van der Waals surface area contributed by atoms with Gasteiger partial charge in [-0.25, -0.2) is 4.98 Å². The molecule has 0 radical (unpaired) electrons. The maximum Gasteiger partial charge on any atom is 0.134 e. The summed E-state index contributed by atoms with van der Waals surface area (Å²) in [5.74, 6) is 0.908. The van der Waals surface area contributed by atoms with E-state index < -0.39 is 0 Å². The van der Waals surface area contributed by atoms with Gasteiger partial charge in [-0.1, -0.05) is 0 Å². The van der Waals surface area contributed by atoms with Crippen molar-refractivity contribution in [1.29, 1.82) is 0 Å². The molecule has 0 amide bonds. The highest BCUT2D eigenvalue weighted by Gasteiger charge is 2.24. The molecule has 4 heteroatoms. The van der Waals surface area contributed by atoms with Crippen LogP contribution in [0.3, 0.4) is 0 Å². The Morgan fingerprint density at radius 3 is 2.87 bits per heavy atom. The first-order valence-corrected chi connectivity index (χ1v) is 6.00. The fraction of sp³-hybridized carbons (Fsp3) is 0.545. The summed E-state index contributed by atoms with van der Waals surface area (Å²) in [5.41, 5.74) is 0.888. The zero-order chi connectivity index (χ0) is 10.8. The highest BCUT2D eigenvalue weighted by atomic mass is 79.9. The topological polar surface area (TPSA) is 36.4 Å². The van der Waals surface area contributed by atoms with Crippen LogP contribution in [0, 0.1) is 0 Å². The molecule has 1 N–H and O–H groups in total. The van der Waals surface area contributed by atoms with E-state index in [9.17, 15) is 5.11 Å². The molecule has 1 aromatic rings. The fourth-order valence-corrected chi connectivity index (χ4v) is 2.23. The van der Waals surface area contributed by atoms with E-state index in [0.717, 1.165) is 15.9 Å². The molecule has 0 spiro atoms. The van der Waals surface area contributed by atoms with Gasteiger partial charge in [0.2, 0.25) is 0 Å². The Hall–Kier alpha value is -0.610. The molecule has 1 aromatic heterocycles. The Bertz CT molecular complexity index is 352. The number of halogens is 1. The molecular weight excluding hydrogens is 256 g/mol. The summed E-state index contributed by atoms with van der Waals surface area (Å²) in [6.45, 7) is 0.0405. The second kappa shape index (κ2) is 4.49. The molecule has 1 fully saturated rings. The molecule has 0 unspecified atom stereocenters. The highest BCUT2D eigenvalue weighted by molar-refractivity contribution is 9.10. The molecule has 2 rings (SSSR count). The smallest absolute Gasteiger partial charge is 0.134 e. The summed E-state index contributed by atoms with van der Waals surface area (Å²) >= 11 is 3.36. The van der Waals surface area contributed by atoms with Crippen molar-refractivity contribution in [3.05, 3.63) is 22.3 Å². The van der Waals surface area contributed by atoms with Gasteiger partial charge >= 0.3 is 0 Å². The molecule has 1 heterocycles. The van der Waals surface area contributed by atoms with E-state index in [1.807, 2.05) is 6.07 Å².